The van der Waals surface area contributed by atoms with Crippen molar-refractivity contribution in [2.24, 2.45) is 5.92 Å². The van der Waals surface area contributed by atoms with Crippen LogP contribution in [-0.2, 0) is 4.79 Å². The lowest BCUT2D eigenvalue weighted by molar-refractivity contribution is -0.125. The second-order valence-electron chi connectivity index (χ2n) is 7.61. The van der Waals surface area contributed by atoms with Crippen LogP contribution in [0.15, 0.2) is 29.6 Å². The molecule has 0 unspecified atom stereocenters. The highest BCUT2D eigenvalue weighted by molar-refractivity contribution is 7.13. The lowest BCUT2D eigenvalue weighted by atomic mass is 9.89. The highest BCUT2D eigenvalue weighted by atomic mass is 32.1. The first kappa shape index (κ1) is 21.3. The summed E-state index contributed by atoms with van der Waals surface area (Å²) in [6, 6.07) is 7.70. The standard InChI is InChI=1S/C22H29N3O3S/c1-15(2)28-18-10-8-17(9-11-18)22-25-19(14-29-22)21(27)24-13-12-23-20(26)16-6-4-3-5-7-16/h8-11,14-16H,3-7,12-13H2,1-2H3,(H,23,26)(H,24,27). The van der Waals surface area contributed by atoms with Gasteiger partial charge in [0.1, 0.15) is 16.5 Å². The predicted molar refractivity (Wildman–Crippen MR) is 115 cm³/mol. The van der Waals surface area contributed by atoms with Gasteiger partial charge in [0.25, 0.3) is 5.91 Å². The van der Waals surface area contributed by atoms with Crippen molar-refractivity contribution in [3.63, 3.8) is 0 Å². The molecule has 1 fully saturated rings. The first-order valence-corrected chi connectivity index (χ1v) is 11.2. The molecule has 1 saturated carbocycles. The van der Waals surface area contributed by atoms with Crippen LogP contribution >= 0.6 is 11.3 Å². The highest BCUT2D eigenvalue weighted by Gasteiger charge is 2.20. The molecule has 29 heavy (non-hydrogen) atoms. The number of amides is 2. The number of nitrogens with zero attached hydrogens (tertiary/aromatic N) is 1. The Kier molecular flexibility index (Phi) is 7.63. The monoisotopic (exact) mass is 415 g/mol. The van der Waals surface area contributed by atoms with Gasteiger partial charge in [-0.05, 0) is 51.0 Å². The highest BCUT2D eigenvalue weighted by Crippen LogP contribution is 2.26. The predicted octanol–water partition coefficient (Wildman–Crippen LogP) is 4.02. The quantitative estimate of drug-likeness (QED) is 0.638. The van der Waals surface area contributed by atoms with Gasteiger partial charge in [-0.15, -0.1) is 11.3 Å². The molecule has 1 aromatic heterocycles. The number of carbonyl (C=O) groups excluding carboxylic acids is 2. The van der Waals surface area contributed by atoms with Crippen molar-refractivity contribution in [1.29, 1.82) is 0 Å². The van der Waals surface area contributed by atoms with E-state index in [-0.39, 0.29) is 23.8 Å². The summed E-state index contributed by atoms with van der Waals surface area (Å²) >= 11 is 1.43. The summed E-state index contributed by atoms with van der Waals surface area (Å²) in [6.07, 6.45) is 5.58. The van der Waals surface area contributed by atoms with E-state index in [4.69, 9.17) is 4.74 Å². The van der Waals surface area contributed by atoms with Crippen LogP contribution < -0.4 is 15.4 Å². The Balaban J connectivity index is 1.44. The molecular weight excluding hydrogens is 386 g/mol. The summed E-state index contributed by atoms with van der Waals surface area (Å²) in [5, 5.41) is 8.29. The molecule has 1 aromatic carbocycles. The fraction of sp³-hybridized carbons (Fsp3) is 0.500. The maximum atomic E-state index is 12.3. The largest absolute Gasteiger partial charge is 0.491 e. The van der Waals surface area contributed by atoms with Crippen molar-refractivity contribution >= 4 is 23.2 Å². The minimum absolute atomic E-state index is 0.111. The van der Waals surface area contributed by atoms with Crippen molar-refractivity contribution < 1.29 is 14.3 Å². The van der Waals surface area contributed by atoms with Crippen molar-refractivity contribution in [2.75, 3.05) is 13.1 Å². The second-order valence-corrected chi connectivity index (χ2v) is 8.47. The molecule has 156 valence electrons. The first-order chi connectivity index (χ1) is 14.0. The zero-order valence-electron chi connectivity index (χ0n) is 17.1. The smallest absolute Gasteiger partial charge is 0.270 e. The molecule has 2 aromatic rings. The lowest BCUT2D eigenvalue weighted by Gasteiger charge is -2.20. The SMILES string of the molecule is CC(C)Oc1ccc(-c2nc(C(=O)NCCNC(=O)C3CCCCC3)cs2)cc1. The van der Waals surface area contributed by atoms with E-state index >= 15 is 0 Å². The van der Waals surface area contributed by atoms with E-state index in [1.807, 2.05) is 38.1 Å². The number of aromatic nitrogens is 1. The van der Waals surface area contributed by atoms with Gasteiger partial charge in [0.2, 0.25) is 5.91 Å². The van der Waals surface area contributed by atoms with Crippen LogP contribution in [-0.4, -0.2) is 36.0 Å². The third-order valence-electron chi connectivity index (χ3n) is 4.90. The Bertz CT molecular complexity index is 811. The average molecular weight is 416 g/mol. The van der Waals surface area contributed by atoms with E-state index in [2.05, 4.69) is 15.6 Å². The minimum Gasteiger partial charge on any atom is -0.491 e. The normalized spacial score (nSPS) is 14.6. The van der Waals surface area contributed by atoms with Crippen LogP contribution in [0.3, 0.4) is 0 Å². The Labute approximate surface area is 176 Å². The molecule has 1 aliphatic rings. The molecular formula is C22H29N3O3S. The maximum absolute atomic E-state index is 12.3. The Morgan fingerprint density at radius 3 is 2.48 bits per heavy atom. The van der Waals surface area contributed by atoms with Crippen molar-refractivity contribution in [1.82, 2.24) is 15.6 Å². The van der Waals surface area contributed by atoms with Crippen molar-refractivity contribution in [3.05, 3.63) is 35.3 Å². The van der Waals surface area contributed by atoms with Crippen molar-refractivity contribution in [3.8, 4) is 16.3 Å². The van der Waals surface area contributed by atoms with E-state index in [1.165, 1.54) is 17.8 Å². The molecule has 0 atom stereocenters. The van der Waals surface area contributed by atoms with Gasteiger partial charge in [-0.25, -0.2) is 4.98 Å². The number of carbonyl (C=O) groups is 2. The number of benzene rings is 1. The number of hydrogen-bond donors (Lipinski definition) is 2. The molecule has 2 amide bonds. The number of ether oxygens (including phenoxy) is 1. The average Bonchev–Trinajstić information content (AvgIpc) is 3.22. The van der Waals surface area contributed by atoms with Crippen LogP contribution in [0, 0.1) is 5.92 Å². The zero-order valence-corrected chi connectivity index (χ0v) is 17.9. The maximum Gasteiger partial charge on any atom is 0.270 e. The summed E-state index contributed by atoms with van der Waals surface area (Å²) in [5.74, 6) is 0.838. The van der Waals surface area contributed by atoms with Gasteiger partial charge in [0, 0.05) is 30.0 Å². The van der Waals surface area contributed by atoms with Gasteiger partial charge >= 0.3 is 0 Å². The molecule has 0 saturated heterocycles. The number of thiazole rings is 1. The third kappa shape index (κ3) is 6.29. The summed E-state index contributed by atoms with van der Waals surface area (Å²) in [6.45, 7) is 4.81. The van der Waals surface area contributed by atoms with Crippen molar-refractivity contribution in [2.45, 2.75) is 52.1 Å². The van der Waals surface area contributed by atoms with Gasteiger partial charge in [0.05, 0.1) is 6.10 Å². The molecule has 7 heteroatoms. The van der Waals surface area contributed by atoms with E-state index < -0.39 is 0 Å². The molecule has 1 aliphatic carbocycles. The van der Waals surface area contributed by atoms with E-state index in [0.717, 1.165) is 42.0 Å². The van der Waals surface area contributed by atoms with E-state index in [1.54, 1.807) is 5.38 Å². The lowest BCUT2D eigenvalue weighted by Crippen LogP contribution is -2.38. The van der Waals surface area contributed by atoms with Crippen LogP contribution in [0.25, 0.3) is 10.6 Å². The molecule has 0 bridgehead atoms. The molecule has 1 heterocycles. The minimum atomic E-state index is -0.223. The van der Waals surface area contributed by atoms with Crippen LogP contribution in [0.1, 0.15) is 56.4 Å². The fourth-order valence-electron chi connectivity index (χ4n) is 3.42. The number of rotatable bonds is 8. The fourth-order valence-corrected chi connectivity index (χ4v) is 4.23. The van der Waals surface area contributed by atoms with Crippen LogP contribution in [0.4, 0.5) is 0 Å². The van der Waals surface area contributed by atoms with Gasteiger partial charge in [0.15, 0.2) is 0 Å². The van der Waals surface area contributed by atoms with Gasteiger partial charge in [-0.1, -0.05) is 19.3 Å². The molecule has 6 nitrogen and oxygen atoms in total. The summed E-state index contributed by atoms with van der Waals surface area (Å²) in [7, 11) is 0. The first-order valence-electron chi connectivity index (χ1n) is 10.3. The summed E-state index contributed by atoms with van der Waals surface area (Å²) in [4.78, 5) is 28.9. The Morgan fingerprint density at radius 1 is 1.10 bits per heavy atom. The van der Waals surface area contributed by atoms with E-state index in [9.17, 15) is 9.59 Å². The molecule has 0 radical (unpaired) electrons. The van der Waals surface area contributed by atoms with E-state index in [0.29, 0.717) is 18.8 Å². The van der Waals surface area contributed by atoms with Gasteiger partial charge < -0.3 is 15.4 Å². The molecule has 3 rings (SSSR count). The summed E-state index contributed by atoms with van der Waals surface area (Å²) in [5.41, 5.74) is 1.34. The number of hydrogen-bond acceptors (Lipinski definition) is 5. The topological polar surface area (TPSA) is 80.3 Å². The third-order valence-corrected chi connectivity index (χ3v) is 5.79. The molecule has 0 aliphatic heterocycles. The molecule has 2 N–H and O–H groups in total. The second kappa shape index (κ2) is 10.4. The Morgan fingerprint density at radius 2 is 1.79 bits per heavy atom. The van der Waals surface area contributed by atoms with Crippen LogP contribution in [0.5, 0.6) is 5.75 Å². The Hall–Kier alpha value is -2.41. The molecule has 0 spiro atoms. The summed E-state index contributed by atoms with van der Waals surface area (Å²) < 4.78 is 5.65. The van der Waals surface area contributed by atoms with Gasteiger partial charge in [-0.3, -0.25) is 9.59 Å². The number of nitrogens with one attached hydrogen (secondary N) is 2. The van der Waals surface area contributed by atoms with Crippen LogP contribution in [0.2, 0.25) is 0 Å². The zero-order chi connectivity index (χ0) is 20.6. The van der Waals surface area contributed by atoms with Gasteiger partial charge in [-0.2, -0.15) is 0 Å².